The van der Waals surface area contributed by atoms with E-state index in [1.807, 2.05) is 32.0 Å². The first-order chi connectivity index (χ1) is 16.9. The first-order valence-corrected chi connectivity index (χ1v) is 11.1. The summed E-state index contributed by atoms with van der Waals surface area (Å²) in [5.74, 6) is -2.39. The van der Waals surface area contributed by atoms with Crippen molar-refractivity contribution < 1.29 is 27.9 Å². The molecule has 10 heteroatoms. The molecule has 7 nitrogen and oxygen atoms in total. The Morgan fingerprint density at radius 2 is 1.75 bits per heavy atom. The van der Waals surface area contributed by atoms with Gasteiger partial charge >= 0.3 is 12.1 Å². The van der Waals surface area contributed by atoms with Gasteiger partial charge in [-0.15, -0.1) is 0 Å². The van der Waals surface area contributed by atoms with Gasteiger partial charge in [0.2, 0.25) is 5.91 Å². The Labute approximate surface area is 205 Å². The largest absolute Gasteiger partial charge is 0.481 e. The molecule has 2 unspecified atom stereocenters. The first kappa shape index (κ1) is 26.7. The Kier molecular flexibility index (Phi) is 7.96. The number of carbonyl (C=O) groups is 2. The highest BCUT2D eigenvalue weighted by molar-refractivity contribution is 5.82. The van der Waals surface area contributed by atoms with Crippen LogP contribution in [-0.4, -0.2) is 32.7 Å². The third-order valence-electron chi connectivity index (χ3n) is 5.79. The number of aliphatic carboxylic acids is 1. The summed E-state index contributed by atoms with van der Waals surface area (Å²) in [6.45, 7) is 5.42. The topological polar surface area (TPSA) is 101 Å². The van der Waals surface area contributed by atoms with E-state index in [0.717, 1.165) is 29.0 Å². The van der Waals surface area contributed by atoms with Crippen molar-refractivity contribution in [2.75, 3.05) is 0 Å². The van der Waals surface area contributed by atoms with E-state index >= 15 is 0 Å². The van der Waals surface area contributed by atoms with Crippen molar-refractivity contribution >= 4 is 11.9 Å². The molecule has 0 saturated heterocycles. The van der Waals surface area contributed by atoms with Gasteiger partial charge in [-0.1, -0.05) is 18.2 Å². The van der Waals surface area contributed by atoms with E-state index in [1.165, 1.54) is 12.3 Å². The number of carboxylic acid groups (broad SMARTS) is 1. The van der Waals surface area contributed by atoms with Crippen LogP contribution in [0.4, 0.5) is 13.2 Å². The minimum absolute atomic E-state index is 0.313. The number of nitrogens with zero attached hydrogens (tertiary/aromatic N) is 2. The van der Waals surface area contributed by atoms with E-state index in [2.05, 4.69) is 10.3 Å². The SMILES string of the molecule is Cc1ccn(C(CC(F)(F)F)C(=O)NC(CC(=O)O)c2cncc(-c3c(C)cccc3C)c2)c(=O)c1. The van der Waals surface area contributed by atoms with Gasteiger partial charge in [-0.25, -0.2) is 0 Å². The summed E-state index contributed by atoms with van der Waals surface area (Å²) in [5, 5.41) is 11.9. The zero-order valence-corrected chi connectivity index (χ0v) is 20.0. The molecule has 0 aliphatic heterocycles. The molecular formula is C26H26F3N3O4. The van der Waals surface area contributed by atoms with Crippen molar-refractivity contribution in [1.29, 1.82) is 0 Å². The number of hydrogen-bond donors (Lipinski definition) is 2. The summed E-state index contributed by atoms with van der Waals surface area (Å²) in [7, 11) is 0. The molecule has 3 rings (SSSR count). The van der Waals surface area contributed by atoms with E-state index in [-0.39, 0.29) is 0 Å². The van der Waals surface area contributed by atoms with Gasteiger partial charge in [0.15, 0.2) is 0 Å². The highest BCUT2D eigenvalue weighted by Crippen LogP contribution is 2.31. The molecule has 0 aliphatic rings. The van der Waals surface area contributed by atoms with Crippen LogP contribution in [0.3, 0.4) is 0 Å². The molecule has 2 atom stereocenters. The summed E-state index contributed by atoms with van der Waals surface area (Å²) in [4.78, 5) is 41.3. The Hall–Kier alpha value is -3.95. The highest BCUT2D eigenvalue weighted by Gasteiger charge is 2.37. The van der Waals surface area contributed by atoms with Crippen LogP contribution in [0.5, 0.6) is 0 Å². The molecule has 0 fully saturated rings. The molecule has 2 heterocycles. The van der Waals surface area contributed by atoms with Gasteiger partial charge in [0.05, 0.1) is 18.9 Å². The molecule has 36 heavy (non-hydrogen) atoms. The van der Waals surface area contributed by atoms with Crippen LogP contribution in [0.25, 0.3) is 11.1 Å². The molecular weight excluding hydrogens is 475 g/mol. The fourth-order valence-corrected chi connectivity index (χ4v) is 4.13. The summed E-state index contributed by atoms with van der Waals surface area (Å²) in [6, 6.07) is 6.83. The Balaban J connectivity index is 2.00. The standard InChI is InChI=1S/C26H26F3N3O4/c1-15-7-8-32(22(33)9-15)21(12-26(27,28)29)25(36)31-20(11-23(34)35)18-10-19(14-30-13-18)24-16(2)5-4-6-17(24)3/h4-10,13-14,20-21H,11-12H2,1-3H3,(H,31,36)(H,34,35). The number of carboxylic acids is 1. The molecule has 0 radical (unpaired) electrons. The number of nitrogens with one attached hydrogen (secondary N) is 1. The first-order valence-electron chi connectivity index (χ1n) is 11.1. The third kappa shape index (κ3) is 6.59. The quantitative estimate of drug-likeness (QED) is 0.468. The Morgan fingerprint density at radius 3 is 2.33 bits per heavy atom. The molecule has 0 spiro atoms. The monoisotopic (exact) mass is 501 g/mol. The van der Waals surface area contributed by atoms with Crippen LogP contribution in [0, 0.1) is 20.8 Å². The number of alkyl halides is 3. The minimum Gasteiger partial charge on any atom is -0.481 e. The van der Waals surface area contributed by atoms with Gasteiger partial charge in [0, 0.05) is 30.2 Å². The normalized spacial score (nSPS) is 13.2. The predicted octanol–water partition coefficient (Wildman–Crippen LogP) is 4.66. The fourth-order valence-electron chi connectivity index (χ4n) is 4.13. The van der Waals surface area contributed by atoms with Crippen LogP contribution in [-0.2, 0) is 9.59 Å². The number of hydrogen-bond acceptors (Lipinski definition) is 4. The Morgan fingerprint density at radius 1 is 1.08 bits per heavy atom. The van der Waals surface area contributed by atoms with Crippen molar-refractivity contribution in [3.63, 3.8) is 0 Å². The van der Waals surface area contributed by atoms with Crippen LogP contribution in [0.2, 0.25) is 0 Å². The second-order valence-electron chi connectivity index (χ2n) is 8.72. The molecule has 2 aromatic heterocycles. The van der Waals surface area contributed by atoms with Crippen molar-refractivity contribution in [3.8, 4) is 11.1 Å². The third-order valence-corrected chi connectivity index (χ3v) is 5.79. The number of pyridine rings is 2. The lowest BCUT2D eigenvalue weighted by molar-refractivity contribution is -0.153. The average molecular weight is 502 g/mol. The maximum atomic E-state index is 13.3. The zero-order valence-electron chi connectivity index (χ0n) is 20.0. The molecule has 0 aliphatic carbocycles. The minimum atomic E-state index is -4.75. The summed E-state index contributed by atoms with van der Waals surface area (Å²) >= 11 is 0. The molecule has 3 aromatic rings. The van der Waals surface area contributed by atoms with E-state index in [1.54, 1.807) is 19.2 Å². The number of halogens is 3. The average Bonchev–Trinajstić information content (AvgIpc) is 2.76. The maximum Gasteiger partial charge on any atom is 0.391 e. The number of benzene rings is 1. The van der Waals surface area contributed by atoms with Crippen LogP contribution in [0.1, 0.15) is 47.2 Å². The van der Waals surface area contributed by atoms with Gasteiger partial charge in [-0.05, 0) is 60.7 Å². The van der Waals surface area contributed by atoms with E-state index in [4.69, 9.17) is 0 Å². The van der Waals surface area contributed by atoms with E-state index in [0.29, 0.717) is 21.3 Å². The molecule has 1 amide bonds. The van der Waals surface area contributed by atoms with Crippen molar-refractivity contribution in [2.45, 2.75) is 51.9 Å². The van der Waals surface area contributed by atoms with Crippen molar-refractivity contribution in [2.24, 2.45) is 0 Å². The Bertz CT molecular complexity index is 1310. The number of carbonyl (C=O) groups excluding carboxylic acids is 1. The number of aryl methyl sites for hydroxylation is 3. The number of aromatic nitrogens is 2. The molecule has 190 valence electrons. The number of amides is 1. The van der Waals surface area contributed by atoms with Crippen LogP contribution >= 0.6 is 0 Å². The molecule has 2 N–H and O–H groups in total. The van der Waals surface area contributed by atoms with Crippen molar-refractivity contribution in [1.82, 2.24) is 14.9 Å². The second-order valence-corrected chi connectivity index (χ2v) is 8.72. The van der Waals surface area contributed by atoms with Gasteiger partial charge in [0.25, 0.3) is 5.56 Å². The van der Waals surface area contributed by atoms with E-state index in [9.17, 15) is 32.7 Å². The summed E-state index contributed by atoms with van der Waals surface area (Å²) < 4.78 is 40.8. The second kappa shape index (κ2) is 10.8. The lowest BCUT2D eigenvalue weighted by Crippen LogP contribution is -2.41. The summed E-state index contributed by atoms with van der Waals surface area (Å²) in [6.07, 6.45) is -2.85. The molecule has 0 saturated carbocycles. The summed E-state index contributed by atoms with van der Waals surface area (Å²) in [5.41, 5.74) is 3.54. The van der Waals surface area contributed by atoms with Crippen LogP contribution in [0.15, 0.2) is 59.8 Å². The highest BCUT2D eigenvalue weighted by atomic mass is 19.4. The predicted molar refractivity (Wildman–Crippen MR) is 127 cm³/mol. The smallest absolute Gasteiger partial charge is 0.391 e. The fraction of sp³-hybridized carbons (Fsp3) is 0.308. The number of rotatable bonds is 8. The molecule has 0 bridgehead atoms. The van der Waals surface area contributed by atoms with E-state index < -0.39 is 48.5 Å². The van der Waals surface area contributed by atoms with Gasteiger partial charge in [-0.2, -0.15) is 13.2 Å². The molecule has 1 aromatic carbocycles. The van der Waals surface area contributed by atoms with Gasteiger partial charge < -0.3 is 15.0 Å². The van der Waals surface area contributed by atoms with Gasteiger partial charge in [-0.3, -0.25) is 19.4 Å². The van der Waals surface area contributed by atoms with Crippen LogP contribution < -0.4 is 10.9 Å². The lowest BCUT2D eigenvalue weighted by atomic mass is 9.94. The van der Waals surface area contributed by atoms with Gasteiger partial charge in [0.1, 0.15) is 6.04 Å². The zero-order chi connectivity index (χ0) is 26.6. The maximum absolute atomic E-state index is 13.3. The lowest BCUT2D eigenvalue weighted by Gasteiger charge is -2.25. The van der Waals surface area contributed by atoms with Crippen molar-refractivity contribution in [3.05, 3.63) is 87.6 Å².